The maximum atomic E-state index is 12.2. The van der Waals surface area contributed by atoms with Crippen LogP contribution in [-0.4, -0.2) is 27.7 Å². The highest BCUT2D eigenvalue weighted by Crippen LogP contribution is 2.68. The molecule has 0 radical (unpaired) electrons. The molecule has 136 valence electrons. The van der Waals surface area contributed by atoms with Gasteiger partial charge in [-0.05, 0) is 93.8 Å². The molecule has 24 heavy (non-hydrogen) atoms. The highest BCUT2D eigenvalue weighted by molar-refractivity contribution is 5.86. The summed E-state index contributed by atoms with van der Waals surface area (Å²) in [5.74, 6) is 2.52. The van der Waals surface area contributed by atoms with Gasteiger partial charge in [-0.3, -0.25) is 4.79 Å². The number of carbonyl (C=O) groups excluding carboxylic acids is 1. The van der Waals surface area contributed by atoms with E-state index in [1.807, 2.05) is 0 Å². The summed E-state index contributed by atoms with van der Waals surface area (Å²) in [6, 6.07) is 0. The highest BCUT2D eigenvalue weighted by Gasteiger charge is 2.65. The molecule has 2 N–H and O–H groups in total. The molecule has 0 aromatic carbocycles. The Morgan fingerprint density at radius 1 is 0.958 bits per heavy atom. The highest BCUT2D eigenvalue weighted by atomic mass is 16.3. The van der Waals surface area contributed by atoms with Crippen LogP contribution in [0.3, 0.4) is 0 Å². The number of Topliss-reactive ketones (excluding diaryl/α,β-unsaturated/α-hetero) is 1. The Bertz CT molecular complexity index is 545. The Balaban J connectivity index is 1.65. The fraction of sp³-hybridized carbons (Fsp3) is 0.952. The first-order valence-corrected chi connectivity index (χ1v) is 10.1. The van der Waals surface area contributed by atoms with Crippen molar-refractivity contribution in [1.82, 2.24) is 0 Å². The molecule has 8 atom stereocenters. The molecule has 4 aliphatic rings. The van der Waals surface area contributed by atoms with E-state index in [4.69, 9.17) is 0 Å². The van der Waals surface area contributed by atoms with Gasteiger partial charge in [-0.15, -0.1) is 0 Å². The Hall–Kier alpha value is -0.410. The van der Waals surface area contributed by atoms with Crippen molar-refractivity contribution in [2.45, 2.75) is 90.3 Å². The normalized spacial score (nSPS) is 57.0. The van der Waals surface area contributed by atoms with Crippen molar-refractivity contribution in [2.24, 2.45) is 34.5 Å². The first-order valence-electron chi connectivity index (χ1n) is 10.1. The van der Waals surface area contributed by atoms with E-state index in [9.17, 15) is 15.0 Å². The Morgan fingerprint density at radius 3 is 2.38 bits per heavy atom. The zero-order valence-corrected chi connectivity index (χ0v) is 15.6. The third-order valence-electron chi connectivity index (χ3n) is 9.37. The summed E-state index contributed by atoms with van der Waals surface area (Å²) in [5, 5.41) is 21.3. The standard InChI is InChI=1S/C21H34O3/c1-13(22)21(24)11-8-18-16-5-4-14-12-15(23)6-9-19(14,2)17(16)7-10-20(18,21)3/h14-18,23-24H,4-12H2,1-3H3/t14?,15?,16-,17+,18+,19+,20+,21+/m1/s1. The van der Waals surface area contributed by atoms with E-state index in [2.05, 4.69) is 13.8 Å². The van der Waals surface area contributed by atoms with E-state index < -0.39 is 5.60 Å². The van der Waals surface area contributed by atoms with Crippen molar-refractivity contribution < 1.29 is 15.0 Å². The second-order valence-corrected chi connectivity index (χ2v) is 10.00. The molecule has 3 nitrogen and oxygen atoms in total. The lowest BCUT2D eigenvalue weighted by molar-refractivity contribution is -0.170. The summed E-state index contributed by atoms with van der Waals surface area (Å²) in [7, 11) is 0. The SMILES string of the molecule is CC(=O)[C@@]1(O)CC[C@H]2[C@@H]3CCC4CC(O)CC[C@]4(C)[C@H]3CC[C@@]21C. The van der Waals surface area contributed by atoms with Crippen LogP contribution in [0.2, 0.25) is 0 Å². The Labute approximate surface area is 146 Å². The van der Waals surface area contributed by atoms with Crippen LogP contribution in [-0.2, 0) is 4.79 Å². The average Bonchev–Trinajstić information content (AvgIpc) is 2.81. The number of aliphatic hydroxyl groups is 2. The minimum absolute atomic E-state index is 0.0216. The van der Waals surface area contributed by atoms with Crippen LogP contribution in [0, 0.1) is 34.5 Å². The maximum absolute atomic E-state index is 12.2. The molecule has 4 rings (SSSR count). The first kappa shape index (κ1) is 17.0. The molecule has 0 bridgehead atoms. The van der Waals surface area contributed by atoms with Crippen molar-refractivity contribution in [1.29, 1.82) is 0 Å². The minimum Gasteiger partial charge on any atom is -0.393 e. The van der Waals surface area contributed by atoms with Gasteiger partial charge >= 0.3 is 0 Å². The zero-order chi connectivity index (χ0) is 17.3. The second-order valence-electron chi connectivity index (χ2n) is 10.00. The van der Waals surface area contributed by atoms with Gasteiger partial charge in [0.15, 0.2) is 5.78 Å². The third kappa shape index (κ3) is 2.00. The number of rotatable bonds is 1. The van der Waals surface area contributed by atoms with E-state index >= 15 is 0 Å². The van der Waals surface area contributed by atoms with Crippen LogP contribution in [0.15, 0.2) is 0 Å². The summed E-state index contributed by atoms with van der Waals surface area (Å²) in [6.07, 6.45) is 9.25. The lowest BCUT2D eigenvalue weighted by Crippen LogP contribution is -2.58. The van der Waals surface area contributed by atoms with Gasteiger partial charge in [-0.25, -0.2) is 0 Å². The molecule has 2 unspecified atom stereocenters. The van der Waals surface area contributed by atoms with Gasteiger partial charge < -0.3 is 10.2 Å². The molecule has 0 spiro atoms. The lowest BCUT2D eigenvalue weighted by Gasteiger charge is -2.61. The number of carbonyl (C=O) groups is 1. The van der Waals surface area contributed by atoms with E-state index in [0.717, 1.165) is 44.4 Å². The van der Waals surface area contributed by atoms with Crippen molar-refractivity contribution in [3.63, 3.8) is 0 Å². The van der Waals surface area contributed by atoms with Crippen LogP contribution in [0.4, 0.5) is 0 Å². The number of hydrogen-bond donors (Lipinski definition) is 2. The van der Waals surface area contributed by atoms with Gasteiger partial charge in [0.25, 0.3) is 0 Å². The number of hydrogen-bond acceptors (Lipinski definition) is 3. The van der Waals surface area contributed by atoms with Crippen LogP contribution >= 0.6 is 0 Å². The molecule has 0 saturated heterocycles. The second kappa shape index (κ2) is 5.30. The minimum atomic E-state index is -1.09. The molecule has 0 aromatic heterocycles. The molecule has 4 aliphatic carbocycles. The van der Waals surface area contributed by atoms with Gasteiger partial charge in [-0.2, -0.15) is 0 Å². The van der Waals surface area contributed by atoms with Gasteiger partial charge in [0.2, 0.25) is 0 Å². The third-order valence-corrected chi connectivity index (χ3v) is 9.37. The predicted octanol–water partition coefficient (Wildman–Crippen LogP) is 3.71. The van der Waals surface area contributed by atoms with Crippen LogP contribution in [0.5, 0.6) is 0 Å². The molecular formula is C21H34O3. The fourth-order valence-electron chi connectivity index (χ4n) is 7.83. The topological polar surface area (TPSA) is 57.5 Å². The van der Waals surface area contributed by atoms with Gasteiger partial charge in [0.05, 0.1) is 6.10 Å². The van der Waals surface area contributed by atoms with Crippen molar-refractivity contribution >= 4 is 5.78 Å². The average molecular weight is 335 g/mol. The Morgan fingerprint density at radius 2 is 1.67 bits per heavy atom. The van der Waals surface area contributed by atoms with Crippen LogP contribution in [0.1, 0.15) is 78.6 Å². The molecule has 0 amide bonds. The van der Waals surface area contributed by atoms with Crippen molar-refractivity contribution in [3.05, 3.63) is 0 Å². The summed E-state index contributed by atoms with van der Waals surface area (Å²) < 4.78 is 0. The van der Waals surface area contributed by atoms with Crippen molar-refractivity contribution in [2.75, 3.05) is 0 Å². The van der Waals surface area contributed by atoms with E-state index in [1.54, 1.807) is 6.92 Å². The van der Waals surface area contributed by atoms with E-state index in [0.29, 0.717) is 29.6 Å². The molecule has 3 heteroatoms. The Kier molecular flexibility index (Phi) is 3.76. The number of aliphatic hydroxyl groups excluding tert-OH is 1. The molecule has 0 aliphatic heterocycles. The predicted molar refractivity (Wildman–Crippen MR) is 93.4 cm³/mol. The molecule has 4 saturated carbocycles. The zero-order valence-electron chi connectivity index (χ0n) is 15.6. The number of fused-ring (bicyclic) bond motifs is 5. The van der Waals surface area contributed by atoms with Gasteiger partial charge in [0.1, 0.15) is 5.60 Å². The largest absolute Gasteiger partial charge is 0.393 e. The molecule has 4 fully saturated rings. The van der Waals surface area contributed by atoms with E-state index in [1.165, 1.54) is 12.8 Å². The quantitative estimate of drug-likeness (QED) is 0.768. The fourth-order valence-corrected chi connectivity index (χ4v) is 7.83. The number of ketones is 1. The van der Waals surface area contributed by atoms with Gasteiger partial charge in [-0.1, -0.05) is 13.8 Å². The van der Waals surface area contributed by atoms with Gasteiger partial charge in [0, 0.05) is 5.41 Å². The van der Waals surface area contributed by atoms with Crippen LogP contribution in [0.25, 0.3) is 0 Å². The molecule has 0 heterocycles. The monoisotopic (exact) mass is 334 g/mol. The lowest BCUT2D eigenvalue weighted by atomic mass is 9.44. The molecule has 0 aromatic rings. The van der Waals surface area contributed by atoms with Crippen LogP contribution < -0.4 is 0 Å². The summed E-state index contributed by atoms with van der Waals surface area (Å²) in [6.45, 7) is 6.26. The van der Waals surface area contributed by atoms with Crippen molar-refractivity contribution in [3.8, 4) is 0 Å². The summed E-state index contributed by atoms with van der Waals surface area (Å²) in [5.41, 5.74) is -0.957. The van der Waals surface area contributed by atoms with E-state index in [-0.39, 0.29) is 17.3 Å². The smallest absolute Gasteiger partial charge is 0.161 e. The summed E-state index contributed by atoms with van der Waals surface area (Å²) in [4.78, 5) is 12.2. The first-order chi connectivity index (χ1) is 11.2. The molecular weight excluding hydrogens is 300 g/mol. The summed E-state index contributed by atoms with van der Waals surface area (Å²) >= 11 is 0. The maximum Gasteiger partial charge on any atom is 0.161 e.